The minimum Gasteiger partial charge on any atom is -0.313 e. The van der Waals surface area contributed by atoms with Gasteiger partial charge in [0.05, 0.1) is 18.2 Å². The Bertz CT molecular complexity index is 766. The molecule has 0 spiro atoms. The maximum Gasteiger partial charge on any atom is 0.147 e. The van der Waals surface area contributed by atoms with Crippen LogP contribution in [0.4, 0.5) is 0 Å². The first-order valence-corrected chi connectivity index (χ1v) is 8.52. The predicted octanol–water partition coefficient (Wildman–Crippen LogP) is 1.72. The lowest BCUT2D eigenvalue weighted by Gasteiger charge is -2.49. The molecule has 1 aromatic carbocycles. The largest absolute Gasteiger partial charge is 0.313 e. The predicted molar refractivity (Wildman–Crippen MR) is 90.1 cm³/mol. The molecule has 124 valence electrons. The van der Waals surface area contributed by atoms with Crippen molar-refractivity contribution >= 4 is 0 Å². The lowest BCUT2D eigenvalue weighted by atomic mass is 9.98. The highest BCUT2D eigenvalue weighted by Gasteiger charge is 2.36. The number of hydrogen-bond donors (Lipinski definition) is 0. The summed E-state index contributed by atoms with van der Waals surface area (Å²) in [5.41, 5.74) is 2.00. The van der Waals surface area contributed by atoms with Gasteiger partial charge in [0.15, 0.2) is 0 Å². The molecule has 1 saturated heterocycles. The second kappa shape index (κ2) is 6.00. The monoisotopic (exact) mass is 322 g/mol. The van der Waals surface area contributed by atoms with Crippen LogP contribution < -0.4 is 0 Å². The minimum atomic E-state index is 0.393. The second-order valence-electron chi connectivity index (χ2n) is 6.80. The molecule has 0 amide bonds. The van der Waals surface area contributed by atoms with E-state index in [1.807, 2.05) is 19.1 Å². The number of fused-ring (bicyclic) bond motifs is 1. The molecule has 0 aliphatic carbocycles. The van der Waals surface area contributed by atoms with Crippen LogP contribution in [0, 0.1) is 18.3 Å². The first-order valence-electron chi connectivity index (χ1n) is 8.52. The number of nitriles is 1. The van der Waals surface area contributed by atoms with Gasteiger partial charge in [-0.1, -0.05) is 12.1 Å². The molecule has 1 aromatic heterocycles. The molecule has 2 aliphatic heterocycles. The highest BCUT2D eigenvalue weighted by Crippen LogP contribution is 2.29. The van der Waals surface area contributed by atoms with Gasteiger partial charge in [0, 0.05) is 38.3 Å². The minimum absolute atomic E-state index is 0.393. The van der Waals surface area contributed by atoms with Gasteiger partial charge in [-0.05, 0) is 31.5 Å². The van der Waals surface area contributed by atoms with Crippen LogP contribution in [0.15, 0.2) is 24.3 Å². The van der Waals surface area contributed by atoms with Crippen molar-refractivity contribution in [3.8, 4) is 6.07 Å². The van der Waals surface area contributed by atoms with Gasteiger partial charge in [-0.15, -0.1) is 10.2 Å². The van der Waals surface area contributed by atoms with Crippen LogP contribution >= 0.6 is 0 Å². The van der Waals surface area contributed by atoms with Gasteiger partial charge in [0.1, 0.15) is 11.6 Å². The fourth-order valence-corrected chi connectivity index (χ4v) is 3.72. The topological polar surface area (TPSA) is 61.0 Å². The molecule has 1 atom stereocenters. The quantitative estimate of drug-likeness (QED) is 0.861. The fourth-order valence-electron chi connectivity index (χ4n) is 3.72. The summed E-state index contributed by atoms with van der Waals surface area (Å²) in [6, 6.07) is 11.1. The number of likely N-dealkylation sites (tertiary alicyclic amines) is 1. The number of hydrogen-bond acceptors (Lipinski definition) is 5. The van der Waals surface area contributed by atoms with Crippen molar-refractivity contribution in [2.24, 2.45) is 0 Å². The van der Waals surface area contributed by atoms with Crippen molar-refractivity contribution in [1.29, 1.82) is 5.26 Å². The first-order chi connectivity index (χ1) is 11.7. The van der Waals surface area contributed by atoms with E-state index in [2.05, 4.69) is 49.7 Å². The van der Waals surface area contributed by atoms with E-state index in [1.165, 1.54) is 5.56 Å². The third-order valence-corrected chi connectivity index (χ3v) is 5.44. The summed E-state index contributed by atoms with van der Waals surface area (Å²) in [4.78, 5) is 5.03. The summed E-state index contributed by atoms with van der Waals surface area (Å²) in [6.07, 6.45) is 0. The average Bonchev–Trinajstić information content (AvgIpc) is 2.94. The lowest BCUT2D eigenvalue weighted by Crippen LogP contribution is -2.60. The van der Waals surface area contributed by atoms with Crippen molar-refractivity contribution in [3.63, 3.8) is 0 Å². The molecule has 6 heteroatoms. The van der Waals surface area contributed by atoms with Crippen molar-refractivity contribution in [1.82, 2.24) is 24.6 Å². The van der Waals surface area contributed by atoms with Crippen molar-refractivity contribution in [2.75, 3.05) is 19.6 Å². The molecule has 0 radical (unpaired) electrons. The standard InChI is InChI=1S/C18H22N6/c1-13(16-5-3-15(9-19)4-6-16)23-10-17(11-23)22-7-8-24-14(2)20-21-18(24)12-22/h3-6,13,17H,7-8,10-12H2,1-2H3. The van der Waals surface area contributed by atoms with Crippen molar-refractivity contribution in [3.05, 3.63) is 47.0 Å². The van der Waals surface area contributed by atoms with Gasteiger partial charge in [-0.25, -0.2) is 0 Å². The first kappa shape index (κ1) is 15.3. The summed E-state index contributed by atoms with van der Waals surface area (Å²) < 4.78 is 2.23. The van der Waals surface area contributed by atoms with Gasteiger partial charge in [-0.3, -0.25) is 9.80 Å². The Balaban J connectivity index is 1.35. The second-order valence-corrected chi connectivity index (χ2v) is 6.80. The number of nitrogens with zero attached hydrogens (tertiary/aromatic N) is 6. The zero-order valence-electron chi connectivity index (χ0n) is 14.2. The van der Waals surface area contributed by atoms with Gasteiger partial charge >= 0.3 is 0 Å². The van der Waals surface area contributed by atoms with Crippen molar-refractivity contribution in [2.45, 2.75) is 39.0 Å². The van der Waals surface area contributed by atoms with Crippen LogP contribution in [0.5, 0.6) is 0 Å². The molecule has 0 saturated carbocycles. The third-order valence-electron chi connectivity index (χ3n) is 5.44. The summed E-state index contributed by atoms with van der Waals surface area (Å²) >= 11 is 0. The summed E-state index contributed by atoms with van der Waals surface area (Å²) in [6.45, 7) is 9.43. The van der Waals surface area contributed by atoms with Gasteiger partial charge in [-0.2, -0.15) is 5.26 Å². The summed E-state index contributed by atoms with van der Waals surface area (Å²) in [5, 5.41) is 17.4. The summed E-state index contributed by atoms with van der Waals surface area (Å²) in [7, 11) is 0. The van der Waals surface area contributed by atoms with Crippen LogP contribution in [0.25, 0.3) is 0 Å². The van der Waals surface area contributed by atoms with E-state index >= 15 is 0 Å². The maximum absolute atomic E-state index is 8.91. The SMILES string of the molecule is Cc1nnc2n1CCN(C1CN(C(C)c3ccc(C#N)cc3)C1)C2. The Hall–Kier alpha value is -2.23. The van der Waals surface area contributed by atoms with Crippen LogP contribution in [-0.4, -0.2) is 50.2 Å². The Labute approximate surface area is 142 Å². The average molecular weight is 322 g/mol. The molecule has 2 aromatic rings. The molecule has 0 bridgehead atoms. The number of benzene rings is 1. The summed E-state index contributed by atoms with van der Waals surface area (Å²) in [5.74, 6) is 2.12. The Morgan fingerprint density at radius 2 is 1.92 bits per heavy atom. The molecule has 6 nitrogen and oxygen atoms in total. The lowest BCUT2D eigenvalue weighted by molar-refractivity contribution is -0.00465. The van der Waals surface area contributed by atoms with Crippen LogP contribution in [0.3, 0.4) is 0 Å². The molecule has 4 rings (SSSR count). The van der Waals surface area contributed by atoms with E-state index in [9.17, 15) is 0 Å². The highest BCUT2D eigenvalue weighted by atomic mass is 15.4. The zero-order valence-corrected chi connectivity index (χ0v) is 14.2. The number of rotatable bonds is 3. The Kier molecular flexibility index (Phi) is 3.83. The van der Waals surface area contributed by atoms with Gasteiger partial charge in [0.2, 0.25) is 0 Å². The third kappa shape index (κ3) is 2.60. The smallest absolute Gasteiger partial charge is 0.147 e. The van der Waals surface area contributed by atoms with E-state index < -0.39 is 0 Å². The van der Waals surface area contributed by atoms with E-state index in [1.54, 1.807) is 0 Å². The van der Waals surface area contributed by atoms with Gasteiger partial charge in [0.25, 0.3) is 0 Å². The van der Waals surface area contributed by atoms with E-state index in [4.69, 9.17) is 5.26 Å². The number of aryl methyl sites for hydroxylation is 1. The molecule has 1 unspecified atom stereocenters. The molecule has 3 heterocycles. The number of aromatic nitrogens is 3. The van der Waals surface area contributed by atoms with Crippen LogP contribution in [0.1, 0.15) is 35.7 Å². The van der Waals surface area contributed by atoms with E-state index in [0.29, 0.717) is 12.1 Å². The van der Waals surface area contributed by atoms with Crippen molar-refractivity contribution < 1.29 is 0 Å². The maximum atomic E-state index is 8.91. The molecule has 24 heavy (non-hydrogen) atoms. The van der Waals surface area contributed by atoms with E-state index in [0.717, 1.165) is 49.9 Å². The molecular formula is C18H22N6. The Morgan fingerprint density at radius 3 is 2.62 bits per heavy atom. The fraction of sp³-hybridized carbons (Fsp3) is 0.500. The highest BCUT2D eigenvalue weighted by molar-refractivity contribution is 5.32. The molecule has 1 fully saturated rings. The van der Waals surface area contributed by atoms with Crippen LogP contribution in [-0.2, 0) is 13.1 Å². The van der Waals surface area contributed by atoms with Gasteiger partial charge < -0.3 is 4.57 Å². The molecule has 2 aliphatic rings. The zero-order chi connectivity index (χ0) is 16.7. The van der Waals surface area contributed by atoms with E-state index in [-0.39, 0.29) is 0 Å². The molecule has 0 N–H and O–H groups in total. The Morgan fingerprint density at radius 1 is 1.17 bits per heavy atom. The molecular weight excluding hydrogens is 300 g/mol. The normalized spacial score (nSPS) is 20.2. The van der Waals surface area contributed by atoms with Crippen LogP contribution in [0.2, 0.25) is 0 Å².